The molecule has 3 nitrogen and oxygen atoms in total. The maximum Gasteiger partial charge on any atom is 0.225 e. The Morgan fingerprint density at radius 1 is 1.25 bits per heavy atom. The molecule has 0 amide bonds. The zero-order valence-electron chi connectivity index (χ0n) is 9.44. The summed E-state index contributed by atoms with van der Waals surface area (Å²) in [6.45, 7) is 2.83. The van der Waals surface area contributed by atoms with E-state index in [4.69, 9.17) is 4.74 Å². The van der Waals surface area contributed by atoms with Crippen LogP contribution in [0.4, 0.5) is 0 Å². The number of ether oxygens (including phenoxy) is 1. The van der Waals surface area contributed by atoms with Crippen molar-refractivity contribution in [2.75, 3.05) is 6.61 Å². The van der Waals surface area contributed by atoms with Gasteiger partial charge in [0.2, 0.25) is 5.78 Å². The number of benzene rings is 1. The molecule has 1 aromatic carbocycles. The highest BCUT2D eigenvalue weighted by molar-refractivity contribution is 6.33. The Labute approximate surface area is 95.4 Å². The van der Waals surface area contributed by atoms with Crippen molar-refractivity contribution in [2.24, 2.45) is 0 Å². The highest BCUT2D eigenvalue weighted by Gasteiger charge is 2.03. The first-order valence-corrected chi connectivity index (χ1v) is 5.50. The second kappa shape index (κ2) is 6.77. The molecule has 0 spiro atoms. The summed E-state index contributed by atoms with van der Waals surface area (Å²) in [5.41, 5.74) is 0.399. The van der Waals surface area contributed by atoms with Crippen molar-refractivity contribution in [1.82, 2.24) is 0 Å². The summed E-state index contributed by atoms with van der Waals surface area (Å²) >= 11 is 0. The van der Waals surface area contributed by atoms with E-state index in [1.807, 2.05) is 0 Å². The summed E-state index contributed by atoms with van der Waals surface area (Å²) in [7, 11) is 0. The van der Waals surface area contributed by atoms with E-state index in [9.17, 15) is 9.59 Å². The summed E-state index contributed by atoms with van der Waals surface area (Å²) < 4.78 is 5.48. The smallest absolute Gasteiger partial charge is 0.225 e. The number of hydrogen-bond acceptors (Lipinski definition) is 3. The molecule has 3 heteroatoms. The van der Waals surface area contributed by atoms with Crippen LogP contribution in [-0.4, -0.2) is 18.7 Å². The number of unbranched alkanes of at least 4 members (excludes halogenated alkanes) is 2. The van der Waals surface area contributed by atoms with Gasteiger partial charge in [0.15, 0.2) is 6.29 Å². The summed E-state index contributed by atoms with van der Waals surface area (Å²) in [5.74, 6) is 0.232. The van der Waals surface area contributed by atoms with E-state index in [1.54, 1.807) is 24.3 Å². The van der Waals surface area contributed by atoms with Crippen LogP contribution in [0.5, 0.6) is 5.75 Å². The Balaban J connectivity index is 2.45. The van der Waals surface area contributed by atoms with Crippen LogP contribution in [0.25, 0.3) is 0 Å². The van der Waals surface area contributed by atoms with Gasteiger partial charge in [-0.25, -0.2) is 0 Å². The van der Waals surface area contributed by atoms with Crippen LogP contribution in [0.2, 0.25) is 0 Å². The molecule has 0 aliphatic carbocycles. The van der Waals surface area contributed by atoms with Gasteiger partial charge in [0.05, 0.1) is 6.61 Å². The average molecular weight is 220 g/mol. The number of Topliss-reactive ketones (excluding diaryl/α,β-unsaturated/α-hetero) is 1. The number of ketones is 1. The first-order valence-electron chi connectivity index (χ1n) is 5.50. The molecule has 0 N–H and O–H groups in total. The predicted molar refractivity (Wildman–Crippen MR) is 61.9 cm³/mol. The highest BCUT2D eigenvalue weighted by Crippen LogP contribution is 2.12. The van der Waals surface area contributed by atoms with Crippen molar-refractivity contribution in [3.05, 3.63) is 29.8 Å². The molecule has 0 aliphatic heterocycles. The fraction of sp³-hybridized carbons (Fsp3) is 0.385. The second-order valence-corrected chi connectivity index (χ2v) is 3.56. The first kappa shape index (κ1) is 12.4. The van der Waals surface area contributed by atoms with E-state index in [1.165, 1.54) is 0 Å². The zero-order chi connectivity index (χ0) is 11.8. The molecule has 0 radical (unpaired) electrons. The largest absolute Gasteiger partial charge is 0.494 e. The second-order valence-electron chi connectivity index (χ2n) is 3.56. The number of rotatable bonds is 7. The summed E-state index contributed by atoms with van der Waals surface area (Å²) in [4.78, 5) is 21.3. The van der Waals surface area contributed by atoms with Crippen LogP contribution in [0, 0.1) is 0 Å². The van der Waals surface area contributed by atoms with Crippen molar-refractivity contribution in [1.29, 1.82) is 0 Å². The monoisotopic (exact) mass is 220 g/mol. The van der Waals surface area contributed by atoms with Crippen molar-refractivity contribution >= 4 is 12.1 Å². The van der Waals surface area contributed by atoms with Gasteiger partial charge >= 0.3 is 0 Å². The Morgan fingerprint density at radius 2 is 1.94 bits per heavy atom. The van der Waals surface area contributed by atoms with Crippen LogP contribution >= 0.6 is 0 Å². The summed E-state index contributed by atoms with van der Waals surface area (Å²) in [6, 6.07) is 6.63. The average Bonchev–Trinajstić information content (AvgIpc) is 2.34. The standard InChI is InChI=1S/C13H16O3/c1-2-3-4-9-16-12-7-5-11(6-8-12)13(15)10-14/h5-8,10H,2-4,9H2,1H3. The van der Waals surface area contributed by atoms with E-state index in [0.29, 0.717) is 18.5 Å². The van der Waals surface area contributed by atoms with Crippen LogP contribution in [0.15, 0.2) is 24.3 Å². The van der Waals surface area contributed by atoms with Gasteiger partial charge in [-0.05, 0) is 30.7 Å². The van der Waals surface area contributed by atoms with Crippen LogP contribution < -0.4 is 4.74 Å². The van der Waals surface area contributed by atoms with Gasteiger partial charge in [-0.15, -0.1) is 0 Å². The van der Waals surface area contributed by atoms with E-state index in [0.717, 1.165) is 25.0 Å². The minimum Gasteiger partial charge on any atom is -0.494 e. The lowest BCUT2D eigenvalue weighted by Crippen LogP contribution is -2.00. The molecule has 0 bridgehead atoms. The van der Waals surface area contributed by atoms with Gasteiger partial charge < -0.3 is 4.74 Å². The Hall–Kier alpha value is -1.64. The summed E-state index contributed by atoms with van der Waals surface area (Å²) in [6.07, 6.45) is 3.67. The highest BCUT2D eigenvalue weighted by atomic mass is 16.5. The van der Waals surface area contributed by atoms with Gasteiger partial charge in [-0.1, -0.05) is 19.8 Å². The third kappa shape index (κ3) is 3.85. The topological polar surface area (TPSA) is 43.4 Å². The molecular weight excluding hydrogens is 204 g/mol. The molecule has 0 unspecified atom stereocenters. The fourth-order valence-electron chi connectivity index (χ4n) is 1.33. The Bertz CT molecular complexity index is 341. The van der Waals surface area contributed by atoms with E-state index >= 15 is 0 Å². The molecule has 0 aliphatic rings. The lowest BCUT2D eigenvalue weighted by molar-refractivity contribution is -0.104. The predicted octanol–water partition coefficient (Wildman–Crippen LogP) is 2.64. The Kier molecular flexibility index (Phi) is 5.26. The van der Waals surface area contributed by atoms with E-state index < -0.39 is 5.78 Å². The minimum absolute atomic E-state index is 0.317. The molecule has 0 saturated carbocycles. The molecule has 1 rings (SSSR count). The molecule has 0 heterocycles. The maximum absolute atomic E-state index is 11.0. The lowest BCUT2D eigenvalue weighted by atomic mass is 10.1. The molecule has 86 valence electrons. The lowest BCUT2D eigenvalue weighted by Gasteiger charge is -2.05. The number of aldehydes is 1. The molecule has 0 saturated heterocycles. The molecule has 1 aromatic rings. The summed E-state index contributed by atoms with van der Waals surface area (Å²) in [5, 5.41) is 0. The zero-order valence-corrected chi connectivity index (χ0v) is 9.44. The number of carbonyl (C=O) groups excluding carboxylic acids is 2. The number of carbonyl (C=O) groups is 2. The van der Waals surface area contributed by atoms with Crippen molar-refractivity contribution < 1.29 is 14.3 Å². The first-order chi connectivity index (χ1) is 7.77. The molecule has 16 heavy (non-hydrogen) atoms. The molecular formula is C13H16O3. The van der Waals surface area contributed by atoms with Crippen LogP contribution in [0.3, 0.4) is 0 Å². The van der Waals surface area contributed by atoms with Gasteiger partial charge in [-0.2, -0.15) is 0 Å². The SMILES string of the molecule is CCCCCOc1ccc(C(=O)C=O)cc1. The van der Waals surface area contributed by atoms with Crippen molar-refractivity contribution in [2.45, 2.75) is 26.2 Å². The van der Waals surface area contributed by atoms with Crippen molar-refractivity contribution in [3.8, 4) is 5.75 Å². The van der Waals surface area contributed by atoms with E-state index in [-0.39, 0.29) is 0 Å². The molecule has 0 aromatic heterocycles. The normalized spacial score (nSPS) is 9.81. The van der Waals surface area contributed by atoms with Gasteiger partial charge in [0, 0.05) is 5.56 Å². The quantitative estimate of drug-likeness (QED) is 0.307. The van der Waals surface area contributed by atoms with Crippen LogP contribution in [-0.2, 0) is 4.79 Å². The third-order valence-electron chi connectivity index (χ3n) is 2.26. The minimum atomic E-state index is -0.502. The fourth-order valence-corrected chi connectivity index (χ4v) is 1.33. The Morgan fingerprint density at radius 3 is 2.50 bits per heavy atom. The maximum atomic E-state index is 11.0. The molecule has 0 atom stereocenters. The van der Waals surface area contributed by atoms with Gasteiger partial charge in [-0.3, -0.25) is 9.59 Å². The van der Waals surface area contributed by atoms with Crippen LogP contribution in [0.1, 0.15) is 36.5 Å². The third-order valence-corrected chi connectivity index (χ3v) is 2.26. The van der Waals surface area contributed by atoms with E-state index in [2.05, 4.69) is 6.92 Å². The molecule has 0 fully saturated rings. The van der Waals surface area contributed by atoms with Crippen molar-refractivity contribution in [3.63, 3.8) is 0 Å². The van der Waals surface area contributed by atoms with Gasteiger partial charge in [0.1, 0.15) is 5.75 Å². The number of hydrogen-bond donors (Lipinski definition) is 0. The van der Waals surface area contributed by atoms with Gasteiger partial charge in [0.25, 0.3) is 0 Å².